The largest absolute Gasteiger partial charge is 0.275 e. The summed E-state index contributed by atoms with van der Waals surface area (Å²) in [6, 6.07) is 0.215. The van der Waals surface area contributed by atoms with Crippen molar-refractivity contribution in [2.45, 2.75) is 49.9 Å². The van der Waals surface area contributed by atoms with Crippen molar-refractivity contribution in [3.8, 4) is 0 Å². The standard InChI is InChI=1S/C12H19N3O2S/c1-12(5-6-12)18(16,17)15(11-3-4-11)9-10-7-13-14(2)8-10/h7-8,11H,3-6,9H2,1-2H3. The molecular formula is C12H19N3O2S. The van der Waals surface area contributed by atoms with Crippen molar-refractivity contribution in [3.05, 3.63) is 18.0 Å². The summed E-state index contributed by atoms with van der Waals surface area (Å²) in [6.45, 7) is 2.33. The molecule has 1 aromatic heterocycles. The molecule has 0 atom stereocenters. The van der Waals surface area contributed by atoms with E-state index in [4.69, 9.17) is 0 Å². The van der Waals surface area contributed by atoms with Gasteiger partial charge in [0.05, 0.1) is 10.9 Å². The lowest BCUT2D eigenvalue weighted by Gasteiger charge is -2.25. The van der Waals surface area contributed by atoms with Crippen LogP contribution in [0.2, 0.25) is 0 Å². The first kappa shape index (κ1) is 12.2. The average molecular weight is 269 g/mol. The second-order valence-corrected chi connectivity index (χ2v) is 8.16. The Bertz CT molecular complexity index is 556. The summed E-state index contributed by atoms with van der Waals surface area (Å²) in [5, 5.41) is 4.10. The Morgan fingerprint density at radius 2 is 2.17 bits per heavy atom. The van der Waals surface area contributed by atoms with E-state index in [2.05, 4.69) is 5.10 Å². The molecule has 0 aliphatic heterocycles. The zero-order valence-corrected chi connectivity index (χ0v) is 11.7. The lowest BCUT2D eigenvalue weighted by molar-refractivity contribution is 0.390. The maximum absolute atomic E-state index is 12.6. The summed E-state index contributed by atoms with van der Waals surface area (Å²) in [5.74, 6) is 0. The maximum Gasteiger partial charge on any atom is 0.220 e. The number of aryl methyl sites for hydroxylation is 1. The lowest BCUT2D eigenvalue weighted by atomic mass is 10.3. The summed E-state index contributed by atoms with van der Waals surface area (Å²) >= 11 is 0. The molecule has 100 valence electrons. The minimum atomic E-state index is -3.16. The van der Waals surface area contributed by atoms with Crippen molar-refractivity contribution in [1.82, 2.24) is 14.1 Å². The van der Waals surface area contributed by atoms with Gasteiger partial charge in [0.15, 0.2) is 0 Å². The van der Waals surface area contributed by atoms with Crippen molar-refractivity contribution in [1.29, 1.82) is 0 Å². The summed E-state index contributed by atoms with van der Waals surface area (Å²) in [7, 11) is -1.31. The van der Waals surface area contributed by atoms with E-state index < -0.39 is 14.8 Å². The van der Waals surface area contributed by atoms with Crippen molar-refractivity contribution >= 4 is 10.0 Å². The molecule has 0 aromatic carbocycles. The van der Waals surface area contributed by atoms with E-state index in [1.807, 2.05) is 20.2 Å². The highest BCUT2D eigenvalue weighted by Gasteiger charge is 2.55. The second-order valence-electron chi connectivity index (χ2n) is 5.75. The average Bonchev–Trinajstić information content (AvgIpc) is 3.20. The van der Waals surface area contributed by atoms with Gasteiger partial charge in [-0.15, -0.1) is 0 Å². The topological polar surface area (TPSA) is 55.2 Å². The molecule has 2 fully saturated rings. The number of sulfonamides is 1. The molecule has 0 radical (unpaired) electrons. The molecule has 1 heterocycles. The van der Waals surface area contributed by atoms with Crippen LogP contribution in [0.1, 0.15) is 38.2 Å². The van der Waals surface area contributed by atoms with Crippen LogP contribution in [0.4, 0.5) is 0 Å². The van der Waals surface area contributed by atoms with E-state index in [-0.39, 0.29) is 6.04 Å². The second kappa shape index (κ2) is 3.81. The number of rotatable bonds is 5. The normalized spacial score (nSPS) is 22.4. The van der Waals surface area contributed by atoms with E-state index >= 15 is 0 Å². The lowest BCUT2D eigenvalue weighted by Crippen LogP contribution is -2.39. The SMILES string of the molecule is Cn1cc(CN(C2CC2)S(=O)(=O)C2(C)CC2)cn1. The molecule has 0 unspecified atom stereocenters. The molecule has 2 aliphatic rings. The van der Waals surface area contributed by atoms with Gasteiger partial charge >= 0.3 is 0 Å². The highest BCUT2D eigenvalue weighted by Crippen LogP contribution is 2.47. The molecule has 3 rings (SSSR count). The van der Waals surface area contributed by atoms with Gasteiger partial charge in [-0.25, -0.2) is 8.42 Å². The molecule has 5 nitrogen and oxygen atoms in total. The van der Waals surface area contributed by atoms with Gasteiger partial charge in [0.2, 0.25) is 10.0 Å². The summed E-state index contributed by atoms with van der Waals surface area (Å²) in [4.78, 5) is 0. The molecule has 0 bridgehead atoms. The minimum absolute atomic E-state index is 0.215. The third kappa shape index (κ3) is 1.97. The molecule has 1 aromatic rings. The van der Waals surface area contributed by atoms with Crippen LogP contribution in [-0.4, -0.2) is 33.3 Å². The Balaban J connectivity index is 1.85. The minimum Gasteiger partial charge on any atom is -0.275 e. The van der Waals surface area contributed by atoms with Crippen molar-refractivity contribution in [3.63, 3.8) is 0 Å². The van der Waals surface area contributed by atoms with Gasteiger partial charge in [-0.05, 0) is 32.6 Å². The molecule has 0 saturated heterocycles. The summed E-state index contributed by atoms with van der Waals surface area (Å²) < 4.78 is 28.1. The smallest absolute Gasteiger partial charge is 0.220 e. The molecule has 2 aliphatic carbocycles. The molecular weight excluding hydrogens is 250 g/mol. The van der Waals surface area contributed by atoms with Crippen LogP contribution in [0.15, 0.2) is 12.4 Å². The van der Waals surface area contributed by atoms with Gasteiger partial charge in [-0.3, -0.25) is 4.68 Å². The highest BCUT2D eigenvalue weighted by atomic mass is 32.2. The first-order valence-corrected chi connectivity index (χ1v) is 7.85. The monoisotopic (exact) mass is 269 g/mol. The maximum atomic E-state index is 12.6. The Morgan fingerprint density at radius 1 is 1.50 bits per heavy atom. The molecule has 18 heavy (non-hydrogen) atoms. The number of nitrogens with zero attached hydrogens (tertiary/aromatic N) is 3. The summed E-state index contributed by atoms with van der Waals surface area (Å²) in [5.41, 5.74) is 0.970. The van der Waals surface area contributed by atoms with Crippen LogP contribution >= 0.6 is 0 Å². The van der Waals surface area contributed by atoms with Crippen LogP contribution in [-0.2, 0) is 23.6 Å². The first-order valence-electron chi connectivity index (χ1n) is 6.41. The molecule has 0 amide bonds. The highest BCUT2D eigenvalue weighted by molar-refractivity contribution is 7.90. The third-order valence-corrected chi connectivity index (χ3v) is 6.63. The molecule has 6 heteroatoms. The van der Waals surface area contributed by atoms with Gasteiger partial charge in [-0.2, -0.15) is 9.40 Å². The van der Waals surface area contributed by atoms with Gasteiger partial charge < -0.3 is 0 Å². The summed E-state index contributed by atoms with van der Waals surface area (Å²) in [6.07, 6.45) is 7.22. The van der Waals surface area contributed by atoms with Crippen LogP contribution in [0.3, 0.4) is 0 Å². The van der Waals surface area contributed by atoms with Gasteiger partial charge in [0.1, 0.15) is 0 Å². The van der Waals surface area contributed by atoms with Crippen molar-refractivity contribution in [2.24, 2.45) is 7.05 Å². The fraction of sp³-hybridized carbons (Fsp3) is 0.750. The van der Waals surface area contributed by atoms with E-state index in [0.29, 0.717) is 6.54 Å². The van der Waals surface area contributed by atoms with Gasteiger partial charge in [0.25, 0.3) is 0 Å². The Morgan fingerprint density at radius 3 is 2.61 bits per heavy atom. The van der Waals surface area contributed by atoms with Crippen LogP contribution in [0.25, 0.3) is 0 Å². The quantitative estimate of drug-likeness (QED) is 0.809. The molecule has 2 saturated carbocycles. The predicted molar refractivity (Wildman–Crippen MR) is 68.3 cm³/mol. The van der Waals surface area contributed by atoms with Crippen LogP contribution < -0.4 is 0 Å². The van der Waals surface area contributed by atoms with Gasteiger partial charge in [0, 0.05) is 31.4 Å². The number of hydrogen-bond donors (Lipinski definition) is 0. The van der Waals surface area contributed by atoms with Crippen LogP contribution in [0, 0.1) is 0 Å². The third-order valence-electron chi connectivity index (χ3n) is 3.94. The fourth-order valence-electron chi connectivity index (χ4n) is 2.22. The van der Waals surface area contributed by atoms with Crippen molar-refractivity contribution in [2.75, 3.05) is 0 Å². The van der Waals surface area contributed by atoms with E-state index in [0.717, 1.165) is 31.2 Å². The number of aromatic nitrogens is 2. The van der Waals surface area contributed by atoms with Gasteiger partial charge in [-0.1, -0.05) is 0 Å². The van der Waals surface area contributed by atoms with E-state index in [1.54, 1.807) is 15.2 Å². The van der Waals surface area contributed by atoms with Crippen molar-refractivity contribution < 1.29 is 8.42 Å². The molecule has 0 N–H and O–H groups in total. The Labute approximate surface area is 108 Å². The Hall–Kier alpha value is -0.880. The zero-order chi connectivity index (χ0) is 13.0. The van der Waals surface area contributed by atoms with Crippen LogP contribution in [0.5, 0.6) is 0 Å². The fourth-order valence-corrected chi connectivity index (χ4v) is 4.33. The van der Waals surface area contributed by atoms with E-state index in [9.17, 15) is 8.42 Å². The molecule has 0 spiro atoms. The van der Waals surface area contributed by atoms with E-state index in [1.165, 1.54) is 0 Å². The first-order chi connectivity index (χ1) is 8.42. The zero-order valence-electron chi connectivity index (χ0n) is 10.8. The predicted octanol–water partition coefficient (Wildman–Crippen LogP) is 1.27. The number of hydrogen-bond acceptors (Lipinski definition) is 3. The Kier molecular flexibility index (Phi) is 2.57.